The quantitative estimate of drug-likeness (QED) is 0.873. The van der Waals surface area contributed by atoms with E-state index in [-0.39, 0.29) is 5.56 Å². The van der Waals surface area contributed by atoms with Crippen LogP contribution < -0.4 is 0 Å². The second-order valence-corrected chi connectivity index (χ2v) is 4.41. The van der Waals surface area contributed by atoms with Crippen LogP contribution in [0, 0.1) is 0 Å². The normalized spacial score (nSPS) is 14.2. The van der Waals surface area contributed by atoms with Gasteiger partial charge < -0.3 is 9.67 Å². The summed E-state index contributed by atoms with van der Waals surface area (Å²) in [7, 11) is 0. The summed E-state index contributed by atoms with van der Waals surface area (Å²) in [6, 6.07) is 1.72. The Bertz CT molecular complexity index is 604. The minimum atomic E-state index is -0.962. The zero-order valence-electron chi connectivity index (χ0n) is 9.83. The van der Waals surface area contributed by atoms with Crippen molar-refractivity contribution in [3.05, 3.63) is 41.7 Å². The monoisotopic (exact) mass is 243 g/mol. The molecule has 5 heteroatoms. The Morgan fingerprint density at radius 3 is 3.00 bits per heavy atom. The predicted octanol–water partition coefficient (Wildman–Crippen LogP) is 1.84. The smallest absolute Gasteiger partial charge is 0.339 e. The van der Waals surface area contributed by atoms with Crippen LogP contribution in [0.15, 0.2) is 24.8 Å². The molecular formula is C13H13N3O2. The third-order valence-corrected chi connectivity index (χ3v) is 3.32. The molecule has 0 bridgehead atoms. The number of fused-ring (bicyclic) bond motifs is 1. The van der Waals surface area contributed by atoms with Crippen LogP contribution in [0.1, 0.15) is 34.6 Å². The average Bonchev–Trinajstić information content (AvgIpc) is 2.82. The molecule has 2 heterocycles. The lowest BCUT2D eigenvalue weighted by atomic mass is 10.0. The molecule has 1 N–H and O–H groups in total. The third-order valence-electron chi connectivity index (χ3n) is 3.32. The minimum absolute atomic E-state index is 0.211. The fourth-order valence-electron chi connectivity index (χ4n) is 2.44. The van der Waals surface area contributed by atoms with E-state index in [0.29, 0.717) is 5.69 Å². The predicted molar refractivity (Wildman–Crippen MR) is 65.0 cm³/mol. The number of hydrogen-bond donors (Lipinski definition) is 1. The number of hydrogen-bond acceptors (Lipinski definition) is 3. The molecular weight excluding hydrogens is 230 g/mol. The molecule has 5 nitrogen and oxygen atoms in total. The van der Waals surface area contributed by atoms with Crippen molar-refractivity contribution in [3.63, 3.8) is 0 Å². The van der Waals surface area contributed by atoms with Crippen LogP contribution in [0.2, 0.25) is 0 Å². The van der Waals surface area contributed by atoms with Crippen molar-refractivity contribution in [2.45, 2.75) is 25.7 Å². The highest BCUT2D eigenvalue weighted by Gasteiger charge is 2.19. The number of aromatic nitrogens is 3. The van der Waals surface area contributed by atoms with Crippen LogP contribution in [0.5, 0.6) is 0 Å². The molecule has 0 spiro atoms. The van der Waals surface area contributed by atoms with Gasteiger partial charge in [-0.3, -0.25) is 4.98 Å². The lowest BCUT2D eigenvalue weighted by molar-refractivity contribution is 0.0696. The van der Waals surface area contributed by atoms with Gasteiger partial charge in [0.1, 0.15) is 5.56 Å². The highest BCUT2D eigenvalue weighted by molar-refractivity contribution is 5.91. The van der Waals surface area contributed by atoms with Gasteiger partial charge in [-0.15, -0.1) is 0 Å². The molecule has 1 aliphatic rings. The maximum Gasteiger partial charge on any atom is 0.339 e. The highest BCUT2D eigenvalue weighted by atomic mass is 16.4. The van der Waals surface area contributed by atoms with Gasteiger partial charge in [-0.05, 0) is 31.7 Å². The van der Waals surface area contributed by atoms with Crippen LogP contribution in [0.4, 0.5) is 0 Å². The standard InChI is InChI=1S/C13H13N3O2/c17-13(18)9-7-14-6-5-11(9)16-8-15-10-3-1-2-4-12(10)16/h5-8H,1-4H2,(H,17,18). The summed E-state index contributed by atoms with van der Waals surface area (Å²) < 4.78 is 1.89. The second-order valence-electron chi connectivity index (χ2n) is 4.41. The van der Waals surface area contributed by atoms with Crippen molar-refractivity contribution in [2.24, 2.45) is 0 Å². The van der Waals surface area contributed by atoms with Gasteiger partial charge in [-0.25, -0.2) is 9.78 Å². The first-order chi connectivity index (χ1) is 8.77. The molecule has 2 aromatic rings. The zero-order chi connectivity index (χ0) is 12.5. The number of nitrogens with zero attached hydrogens (tertiary/aromatic N) is 3. The van der Waals surface area contributed by atoms with Crippen molar-refractivity contribution in [2.75, 3.05) is 0 Å². The van der Waals surface area contributed by atoms with Crippen molar-refractivity contribution < 1.29 is 9.90 Å². The van der Waals surface area contributed by atoms with Gasteiger partial charge in [0.2, 0.25) is 0 Å². The second kappa shape index (κ2) is 4.25. The molecule has 0 amide bonds. The molecule has 1 aliphatic carbocycles. The first-order valence-corrected chi connectivity index (χ1v) is 6.00. The number of imidazole rings is 1. The van der Waals surface area contributed by atoms with E-state index in [2.05, 4.69) is 9.97 Å². The number of pyridine rings is 1. The van der Waals surface area contributed by atoms with Gasteiger partial charge in [0.25, 0.3) is 0 Å². The Morgan fingerprint density at radius 1 is 1.33 bits per heavy atom. The molecule has 0 aliphatic heterocycles. The Hall–Kier alpha value is -2.17. The molecule has 2 aromatic heterocycles. The fraction of sp³-hybridized carbons (Fsp3) is 0.308. The van der Waals surface area contributed by atoms with Gasteiger partial charge in [0, 0.05) is 18.1 Å². The summed E-state index contributed by atoms with van der Waals surface area (Å²) in [4.78, 5) is 19.5. The first-order valence-electron chi connectivity index (χ1n) is 6.00. The van der Waals surface area contributed by atoms with Crippen LogP contribution in [0.3, 0.4) is 0 Å². The van der Waals surface area contributed by atoms with Crippen LogP contribution >= 0.6 is 0 Å². The lowest BCUT2D eigenvalue weighted by Crippen LogP contribution is -2.10. The number of carbonyl (C=O) groups is 1. The molecule has 3 rings (SSSR count). The van der Waals surface area contributed by atoms with E-state index < -0.39 is 5.97 Å². The number of carboxylic acid groups (broad SMARTS) is 1. The molecule has 18 heavy (non-hydrogen) atoms. The average molecular weight is 243 g/mol. The SMILES string of the molecule is O=C(O)c1cnccc1-n1cnc2c1CCCC2. The summed E-state index contributed by atoms with van der Waals surface area (Å²) in [5.74, 6) is -0.962. The molecule has 0 fully saturated rings. The van der Waals surface area contributed by atoms with Gasteiger partial charge in [0.15, 0.2) is 0 Å². The van der Waals surface area contributed by atoms with E-state index in [1.165, 1.54) is 6.20 Å². The summed E-state index contributed by atoms with van der Waals surface area (Å²) in [6.07, 6.45) is 8.94. The van der Waals surface area contributed by atoms with E-state index in [4.69, 9.17) is 0 Å². The summed E-state index contributed by atoms with van der Waals surface area (Å²) in [5.41, 5.74) is 3.08. The van der Waals surface area contributed by atoms with Crippen LogP contribution in [-0.2, 0) is 12.8 Å². The maximum atomic E-state index is 11.2. The maximum absolute atomic E-state index is 11.2. The van der Waals surface area contributed by atoms with E-state index in [1.807, 2.05) is 4.57 Å². The highest BCUT2D eigenvalue weighted by Crippen LogP contribution is 2.24. The van der Waals surface area contributed by atoms with Crippen molar-refractivity contribution in [3.8, 4) is 5.69 Å². The van der Waals surface area contributed by atoms with Gasteiger partial charge >= 0.3 is 5.97 Å². The lowest BCUT2D eigenvalue weighted by Gasteiger charge is -2.15. The van der Waals surface area contributed by atoms with Gasteiger partial charge in [0.05, 0.1) is 17.7 Å². The summed E-state index contributed by atoms with van der Waals surface area (Å²) in [6.45, 7) is 0. The molecule has 0 atom stereocenters. The first kappa shape index (κ1) is 11.0. The van der Waals surface area contributed by atoms with Gasteiger partial charge in [-0.1, -0.05) is 0 Å². The molecule has 0 aromatic carbocycles. The Morgan fingerprint density at radius 2 is 2.17 bits per heavy atom. The number of aryl methyl sites for hydroxylation is 1. The van der Waals surface area contributed by atoms with Crippen molar-refractivity contribution >= 4 is 5.97 Å². The molecule has 0 saturated carbocycles. The molecule has 0 radical (unpaired) electrons. The molecule has 0 saturated heterocycles. The van der Waals surface area contributed by atoms with E-state index in [9.17, 15) is 9.90 Å². The van der Waals surface area contributed by atoms with Crippen molar-refractivity contribution in [1.82, 2.24) is 14.5 Å². The fourth-order valence-corrected chi connectivity index (χ4v) is 2.44. The van der Waals surface area contributed by atoms with E-state index in [0.717, 1.165) is 37.1 Å². The third kappa shape index (κ3) is 1.68. The van der Waals surface area contributed by atoms with Crippen molar-refractivity contribution in [1.29, 1.82) is 0 Å². The van der Waals surface area contributed by atoms with Crippen LogP contribution in [-0.4, -0.2) is 25.6 Å². The van der Waals surface area contributed by atoms with Crippen LogP contribution in [0.25, 0.3) is 5.69 Å². The number of aromatic carboxylic acids is 1. The topological polar surface area (TPSA) is 68.0 Å². The Kier molecular flexibility index (Phi) is 2.59. The van der Waals surface area contributed by atoms with E-state index >= 15 is 0 Å². The van der Waals surface area contributed by atoms with E-state index in [1.54, 1.807) is 18.6 Å². The summed E-state index contributed by atoms with van der Waals surface area (Å²) in [5, 5.41) is 9.19. The molecule has 92 valence electrons. The largest absolute Gasteiger partial charge is 0.478 e. The number of carboxylic acids is 1. The number of rotatable bonds is 2. The summed E-state index contributed by atoms with van der Waals surface area (Å²) >= 11 is 0. The van der Waals surface area contributed by atoms with Gasteiger partial charge in [-0.2, -0.15) is 0 Å². The minimum Gasteiger partial charge on any atom is -0.478 e. The Labute approximate surface area is 104 Å². The zero-order valence-corrected chi connectivity index (χ0v) is 9.83. The Balaban J connectivity index is 2.15. The molecule has 0 unspecified atom stereocenters.